The van der Waals surface area contributed by atoms with Crippen LogP contribution in [0.25, 0.3) is 10.2 Å². The maximum Gasteiger partial charge on any atom is 0.263 e. The third kappa shape index (κ3) is 3.26. The standard InChI is InChI=1S/C14H19N3O2S/c1-3-19-8-4-7-16-13(18)12-11(15)10-6-5-9(2)17-14(10)20-12/h5-6H,3-4,7-8,15H2,1-2H3,(H,16,18). The Morgan fingerprint density at radius 1 is 1.50 bits per heavy atom. The van der Waals surface area contributed by atoms with Gasteiger partial charge in [-0.05, 0) is 32.4 Å². The molecule has 2 heterocycles. The number of nitrogens with two attached hydrogens (primary N) is 1. The fourth-order valence-electron chi connectivity index (χ4n) is 1.86. The zero-order valence-electron chi connectivity index (χ0n) is 11.7. The van der Waals surface area contributed by atoms with E-state index >= 15 is 0 Å². The first-order valence-electron chi connectivity index (χ1n) is 6.65. The quantitative estimate of drug-likeness (QED) is 0.801. The topological polar surface area (TPSA) is 77.2 Å². The minimum Gasteiger partial charge on any atom is -0.397 e. The SMILES string of the molecule is CCOCCCNC(=O)c1sc2nc(C)ccc2c1N. The number of hydrogen-bond donors (Lipinski definition) is 2. The summed E-state index contributed by atoms with van der Waals surface area (Å²) in [5.74, 6) is -0.139. The summed E-state index contributed by atoms with van der Waals surface area (Å²) >= 11 is 1.34. The summed E-state index contributed by atoms with van der Waals surface area (Å²) in [5, 5.41) is 3.71. The number of pyridine rings is 1. The number of hydrogen-bond acceptors (Lipinski definition) is 5. The van der Waals surface area contributed by atoms with E-state index in [2.05, 4.69) is 10.3 Å². The molecular formula is C14H19N3O2S. The number of carbonyl (C=O) groups is 1. The van der Waals surface area contributed by atoms with Gasteiger partial charge in [-0.3, -0.25) is 4.79 Å². The number of rotatable bonds is 6. The number of nitrogens with one attached hydrogen (secondary N) is 1. The summed E-state index contributed by atoms with van der Waals surface area (Å²) in [6.07, 6.45) is 0.793. The molecular weight excluding hydrogens is 274 g/mol. The molecule has 2 rings (SSSR count). The van der Waals surface area contributed by atoms with E-state index in [-0.39, 0.29) is 5.91 Å². The second kappa shape index (κ2) is 6.67. The fourth-order valence-corrected chi connectivity index (χ4v) is 2.91. The molecule has 2 aromatic rings. The van der Waals surface area contributed by atoms with Crippen molar-refractivity contribution in [2.24, 2.45) is 0 Å². The highest BCUT2D eigenvalue weighted by Crippen LogP contribution is 2.32. The lowest BCUT2D eigenvalue weighted by Gasteiger charge is -2.04. The molecule has 1 amide bonds. The van der Waals surface area contributed by atoms with E-state index in [0.29, 0.717) is 30.3 Å². The van der Waals surface area contributed by atoms with Gasteiger partial charge in [0.2, 0.25) is 0 Å². The van der Waals surface area contributed by atoms with Gasteiger partial charge in [0.15, 0.2) is 0 Å². The molecule has 0 unspecified atom stereocenters. The maximum absolute atomic E-state index is 12.1. The van der Waals surface area contributed by atoms with E-state index in [1.54, 1.807) is 0 Å². The van der Waals surface area contributed by atoms with Crippen molar-refractivity contribution < 1.29 is 9.53 Å². The average Bonchev–Trinajstić information content (AvgIpc) is 2.75. The first-order valence-corrected chi connectivity index (χ1v) is 7.46. The van der Waals surface area contributed by atoms with Crippen LogP contribution in [0.1, 0.15) is 28.7 Å². The molecule has 2 aromatic heterocycles. The normalized spacial score (nSPS) is 10.9. The summed E-state index contributed by atoms with van der Waals surface area (Å²) in [7, 11) is 0. The Balaban J connectivity index is 2.04. The summed E-state index contributed by atoms with van der Waals surface area (Å²) in [5.41, 5.74) is 7.46. The molecule has 0 spiro atoms. The second-order valence-electron chi connectivity index (χ2n) is 4.46. The van der Waals surface area contributed by atoms with E-state index in [4.69, 9.17) is 10.5 Å². The Morgan fingerprint density at radius 2 is 2.30 bits per heavy atom. The highest BCUT2D eigenvalue weighted by molar-refractivity contribution is 7.21. The molecule has 0 atom stereocenters. The Bertz CT molecular complexity index is 610. The van der Waals surface area contributed by atoms with Gasteiger partial charge in [-0.1, -0.05) is 0 Å². The van der Waals surface area contributed by atoms with Crippen LogP contribution >= 0.6 is 11.3 Å². The number of thiophene rings is 1. The molecule has 5 nitrogen and oxygen atoms in total. The minimum atomic E-state index is -0.139. The number of carbonyl (C=O) groups excluding carboxylic acids is 1. The summed E-state index contributed by atoms with van der Waals surface area (Å²) in [6.45, 7) is 5.80. The van der Waals surface area contributed by atoms with Gasteiger partial charge >= 0.3 is 0 Å². The van der Waals surface area contributed by atoms with E-state index in [1.807, 2.05) is 26.0 Å². The van der Waals surface area contributed by atoms with E-state index in [0.717, 1.165) is 22.3 Å². The van der Waals surface area contributed by atoms with Crippen molar-refractivity contribution in [3.05, 3.63) is 22.7 Å². The molecule has 0 fully saturated rings. The van der Waals surface area contributed by atoms with Crippen LogP contribution in [0.2, 0.25) is 0 Å². The van der Waals surface area contributed by atoms with Gasteiger partial charge in [0.25, 0.3) is 5.91 Å². The van der Waals surface area contributed by atoms with Gasteiger partial charge in [0.05, 0.1) is 5.69 Å². The number of fused-ring (bicyclic) bond motifs is 1. The molecule has 20 heavy (non-hydrogen) atoms. The molecule has 0 aliphatic rings. The fraction of sp³-hybridized carbons (Fsp3) is 0.429. The lowest BCUT2D eigenvalue weighted by atomic mass is 10.2. The van der Waals surface area contributed by atoms with Crippen molar-refractivity contribution in [3.8, 4) is 0 Å². The Kier molecular flexibility index (Phi) is 4.92. The molecule has 0 bridgehead atoms. The van der Waals surface area contributed by atoms with Gasteiger partial charge in [0.1, 0.15) is 9.71 Å². The van der Waals surface area contributed by atoms with E-state index in [1.165, 1.54) is 11.3 Å². The van der Waals surface area contributed by atoms with Crippen LogP contribution in [0.15, 0.2) is 12.1 Å². The van der Waals surface area contributed by atoms with Gasteiger partial charge in [-0.2, -0.15) is 0 Å². The van der Waals surface area contributed by atoms with Gasteiger partial charge < -0.3 is 15.8 Å². The van der Waals surface area contributed by atoms with Gasteiger partial charge in [-0.25, -0.2) is 4.98 Å². The lowest BCUT2D eigenvalue weighted by molar-refractivity contribution is 0.0949. The van der Waals surface area contributed by atoms with E-state index < -0.39 is 0 Å². The van der Waals surface area contributed by atoms with Crippen molar-refractivity contribution in [1.29, 1.82) is 0 Å². The highest BCUT2D eigenvalue weighted by Gasteiger charge is 2.16. The molecule has 0 aromatic carbocycles. The number of nitrogens with zero attached hydrogens (tertiary/aromatic N) is 1. The Labute approximate surface area is 122 Å². The number of nitrogen functional groups attached to an aromatic ring is 1. The van der Waals surface area contributed by atoms with Crippen molar-refractivity contribution >= 4 is 33.1 Å². The number of aryl methyl sites for hydroxylation is 1. The average molecular weight is 293 g/mol. The Hall–Kier alpha value is -1.66. The number of anilines is 1. The predicted molar refractivity (Wildman–Crippen MR) is 82.2 cm³/mol. The highest BCUT2D eigenvalue weighted by atomic mass is 32.1. The number of aromatic nitrogens is 1. The zero-order chi connectivity index (χ0) is 14.5. The van der Waals surface area contributed by atoms with Crippen LogP contribution in [0.4, 0.5) is 5.69 Å². The molecule has 108 valence electrons. The molecule has 0 aliphatic heterocycles. The van der Waals surface area contributed by atoms with E-state index in [9.17, 15) is 4.79 Å². The van der Waals surface area contributed by atoms with Crippen molar-refractivity contribution in [2.45, 2.75) is 20.3 Å². The van der Waals surface area contributed by atoms with Gasteiger partial charge in [0, 0.05) is 30.8 Å². The molecule has 0 saturated carbocycles. The van der Waals surface area contributed by atoms with Crippen molar-refractivity contribution in [2.75, 3.05) is 25.5 Å². The predicted octanol–water partition coefficient (Wildman–Crippen LogP) is 2.34. The molecule has 0 saturated heterocycles. The van der Waals surface area contributed by atoms with Crippen molar-refractivity contribution in [3.63, 3.8) is 0 Å². The van der Waals surface area contributed by atoms with Crippen LogP contribution in [0, 0.1) is 6.92 Å². The third-order valence-electron chi connectivity index (χ3n) is 2.89. The molecule has 0 radical (unpaired) electrons. The third-order valence-corrected chi connectivity index (χ3v) is 4.01. The number of amides is 1. The van der Waals surface area contributed by atoms with Crippen LogP contribution in [-0.4, -0.2) is 30.6 Å². The zero-order valence-corrected chi connectivity index (χ0v) is 12.5. The molecule has 3 N–H and O–H groups in total. The van der Waals surface area contributed by atoms with Crippen molar-refractivity contribution in [1.82, 2.24) is 10.3 Å². The number of ether oxygens (including phenoxy) is 1. The summed E-state index contributed by atoms with van der Waals surface area (Å²) in [4.78, 5) is 17.8. The summed E-state index contributed by atoms with van der Waals surface area (Å²) in [6, 6.07) is 3.81. The van der Waals surface area contributed by atoms with Crippen LogP contribution in [0.3, 0.4) is 0 Å². The largest absolute Gasteiger partial charge is 0.397 e. The first-order chi connectivity index (χ1) is 9.63. The Morgan fingerprint density at radius 3 is 3.05 bits per heavy atom. The molecule has 6 heteroatoms. The smallest absolute Gasteiger partial charge is 0.263 e. The maximum atomic E-state index is 12.1. The molecule has 0 aliphatic carbocycles. The van der Waals surface area contributed by atoms with Crippen LogP contribution in [0.5, 0.6) is 0 Å². The van der Waals surface area contributed by atoms with Gasteiger partial charge in [-0.15, -0.1) is 11.3 Å². The lowest BCUT2D eigenvalue weighted by Crippen LogP contribution is -2.25. The minimum absolute atomic E-state index is 0.139. The summed E-state index contributed by atoms with van der Waals surface area (Å²) < 4.78 is 5.22. The monoisotopic (exact) mass is 293 g/mol. The van der Waals surface area contributed by atoms with Crippen LogP contribution in [-0.2, 0) is 4.74 Å². The van der Waals surface area contributed by atoms with Crippen LogP contribution < -0.4 is 11.1 Å². The second-order valence-corrected chi connectivity index (χ2v) is 5.46. The first kappa shape index (κ1) is 14.7.